The number of amides is 2. The average molecular weight is 339 g/mol. The molecule has 0 aromatic rings. The molecule has 0 aromatic carbocycles. The molecule has 1 aliphatic carbocycles. The van der Waals surface area contributed by atoms with Gasteiger partial charge in [-0.05, 0) is 38.6 Å². The van der Waals surface area contributed by atoms with Crippen LogP contribution < -0.4 is 5.32 Å². The van der Waals surface area contributed by atoms with Crippen molar-refractivity contribution in [3.8, 4) is 0 Å². The molecule has 1 aliphatic heterocycles. The van der Waals surface area contributed by atoms with Gasteiger partial charge >= 0.3 is 12.0 Å². The predicted octanol–water partition coefficient (Wildman–Crippen LogP) is 2.54. The Morgan fingerprint density at radius 3 is 2.54 bits per heavy atom. The highest BCUT2D eigenvalue weighted by atomic mass is 16.4. The van der Waals surface area contributed by atoms with Gasteiger partial charge in [0.05, 0.1) is 6.54 Å². The fraction of sp³-hybridized carbons (Fsp3) is 0.889. The van der Waals surface area contributed by atoms with Crippen molar-refractivity contribution in [3.63, 3.8) is 0 Å². The Bertz CT molecular complexity index is 410. The first-order valence-electron chi connectivity index (χ1n) is 9.51. The zero-order valence-corrected chi connectivity index (χ0v) is 15.0. The normalized spacial score (nSPS) is 23.1. The summed E-state index contributed by atoms with van der Waals surface area (Å²) in [6.07, 6.45) is 10.5. The molecule has 0 spiro atoms. The third kappa shape index (κ3) is 6.30. The molecule has 1 unspecified atom stereocenters. The van der Waals surface area contributed by atoms with E-state index in [0.29, 0.717) is 6.54 Å². The van der Waals surface area contributed by atoms with E-state index in [2.05, 4.69) is 5.32 Å². The van der Waals surface area contributed by atoms with Gasteiger partial charge in [0, 0.05) is 25.7 Å². The van der Waals surface area contributed by atoms with E-state index in [1.54, 1.807) is 0 Å². The molecule has 1 atom stereocenters. The monoisotopic (exact) mass is 339 g/mol. The van der Waals surface area contributed by atoms with Gasteiger partial charge in [-0.3, -0.25) is 9.69 Å². The van der Waals surface area contributed by atoms with Gasteiger partial charge in [-0.15, -0.1) is 0 Å². The van der Waals surface area contributed by atoms with Gasteiger partial charge in [-0.25, -0.2) is 4.79 Å². The fourth-order valence-corrected chi connectivity index (χ4v) is 4.04. The molecule has 2 rings (SSSR count). The average Bonchev–Trinajstić information content (AvgIpc) is 2.81. The second kappa shape index (κ2) is 9.87. The number of hydrogen-bond acceptors (Lipinski definition) is 3. The minimum absolute atomic E-state index is 0.0485. The van der Waals surface area contributed by atoms with E-state index in [1.165, 1.54) is 32.1 Å². The van der Waals surface area contributed by atoms with Crippen molar-refractivity contribution >= 4 is 12.0 Å². The predicted molar refractivity (Wildman–Crippen MR) is 94.1 cm³/mol. The summed E-state index contributed by atoms with van der Waals surface area (Å²) in [5.74, 6) is -0.00343. The molecular formula is C18H33N3O3. The van der Waals surface area contributed by atoms with Gasteiger partial charge in [0.15, 0.2) is 0 Å². The molecule has 0 bridgehead atoms. The number of carbonyl (C=O) groups excluding carboxylic acids is 1. The van der Waals surface area contributed by atoms with Crippen LogP contribution in [0.3, 0.4) is 0 Å². The minimum atomic E-state index is -0.793. The van der Waals surface area contributed by atoms with E-state index in [0.717, 1.165) is 44.7 Å². The van der Waals surface area contributed by atoms with Crippen molar-refractivity contribution in [2.24, 2.45) is 5.92 Å². The number of nitrogens with one attached hydrogen (secondary N) is 1. The Morgan fingerprint density at radius 1 is 1.08 bits per heavy atom. The molecule has 6 heteroatoms. The third-order valence-electron chi connectivity index (χ3n) is 5.55. The summed E-state index contributed by atoms with van der Waals surface area (Å²) in [5, 5.41) is 12.0. The Balaban J connectivity index is 1.68. The van der Waals surface area contributed by atoms with Crippen LogP contribution in [-0.4, -0.2) is 66.2 Å². The summed E-state index contributed by atoms with van der Waals surface area (Å²) in [6.45, 7) is 2.33. The molecule has 0 radical (unpaired) electrons. The second-order valence-corrected chi connectivity index (χ2v) is 7.41. The van der Waals surface area contributed by atoms with Gasteiger partial charge in [0.25, 0.3) is 0 Å². The molecule has 2 aliphatic rings. The SMILES string of the molecule is CN(CC(=O)O)C1CCCN(C(=O)NCCC2CCCCC2)CC1. The Kier molecular flexibility index (Phi) is 7.82. The quantitative estimate of drug-likeness (QED) is 0.780. The van der Waals surface area contributed by atoms with Crippen LogP contribution >= 0.6 is 0 Å². The molecular weight excluding hydrogens is 306 g/mol. The van der Waals surface area contributed by atoms with Gasteiger partial charge in [-0.1, -0.05) is 32.1 Å². The number of urea groups is 1. The first kappa shape index (κ1) is 19.0. The molecule has 1 saturated carbocycles. The number of hydrogen-bond donors (Lipinski definition) is 2. The van der Waals surface area contributed by atoms with Crippen LogP contribution in [0, 0.1) is 5.92 Å². The first-order chi connectivity index (χ1) is 11.6. The Hall–Kier alpha value is -1.30. The maximum Gasteiger partial charge on any atom is 0.317 e. The van der Waals surface area contributed by atoms with Crippen molar-refractivity contribution in [3.05, 3.63) is 0 Å². The zero-order valence-electron chi connectivity index (χ0n) is 15.0. The number of likely N-dealkylation sites (tertiary alicyclic amines) is 1. The molecule has 1 heterocycles. The molecule has 24 heavy (non-hydrogen) atoms. The van der Waals surface area contributed by atoms with Crippen molar-refractivity contribution in [2.45, 2.75) is 63.8 Å². The molecule has 2 N–H and O–H groups in total. The summed E-state index contributed by atoms with van der Waals surface area (Å²) < 4.78 is 0. The van der Waals surface area contributed by atoms with Crippen molar-refractivity contribution in [2.75, 3.05) is 33.2 Å². The molecule has 2 fully saturated rings. The number of carbonyl (C=O) groups is 2. The lowest BCUT2D eigenvalue weighted by molar-refractivity contribution is -0.138. The third-order valence-corrected chi connectivity index (χ3v) is 5.55. The van der Waals surface area contributed by atoms with Crippen LogP contribution in [0.1, 0.15) is 57.8 Å². The van der Waals surface area contributed by atoms with E-state index in [4.69, 9.17) is 5.11 Å². The highest BCUT2D eigenvalue weighted by Gasteiger charge is 2.24. The fourth-order valence-electron chi connectivity index (χ4n) is 4.04. The van der Waals surface area contributed by atoms with E-state index in [9.17, 15) is 9.59 Å². The van der Waals surface area contributed by atoms with Crippen LogP contribution in [0.25, 0.3) is 0 Å². The first-order valence-corrected chi connectivity index (χ1v) is 9.51. The van der Waals surface area contributed by atoms with Crippen LogP contribution in [0.15, 0.2) is 0 Å². The van der Waals surface area contributed by atoms with E-state index < -0.39 is 5.97 Å². The van der Waals surface area contributed by atoms with E-state index in [-0.39, 0.29) is 18.6 Å². The van der Waals surface area contributed by atoms with Crippen LogP contribution in [-0.2, 0) is 4.79 Å². The van der Waals surface area contributed by atoms with Gasteiger partial charge in [0.1, 0.15) is 0 Å². The number of aliphatic carboxylic acids is 1. The lowest BCUT2D eigenvalue weighted by Crippen LogP contribution is -2.42. The van der Waals surface area contributed by atoms with Gasteiger partial charge in [0.2, 0.25) is 0 Å². The highest BCUT2D eigenvalue weighted by molar-refractivity contribution is 5.74. The van der Waals surface area contributed by atoms with Crippen LogP contribution in [0.5, 0.6) is 0 Å². The molecule has 1 saturated heterocycles. The van der Waals surface area contributed by atoms with Crippen LogP contribution in [0.2, 0.25) is 0 Å². The minimum Gasteiger partial charge on any atom is -0.480 e. The summed E-state index contributed by atoms with van der Waals surface area (Å²) in [5.41, 5.74) is 0. The lowest BCUT2D eigenvalue weighted by Gasteiger charge is -2.26. The molecule has 138 valence electrons. The number of carboxylic acid groups (broad SMARTS) is 1. The van der Waals surface area contributed by atoms with Gasteiger partial charge < -0.3 is 15.3 Å². The lowest BCUT2D eigenvalue weighted by atomic mass is 9.87. The Labute approximate surface area is 145 Å². The van der Waals surface area contributed by atoms with E-state index in [1.807, 2.05) is 16.8 Å². The number of nitrogens with zero attached hydrogens (tertiary/aromatic N) is 2. The van der Waals surface area contributed by atoms with Crippen molar-refractivity contribution in [1.29, 1.82) is 0 Å². The highest BCUT2D eigenvalue weighted by Crippen LogP contribution is 2.25. The second-order valence-electron chi connectivity index (χ2n) is 7.41. The summed E-state index contributed by atoms with van der Waals surface area (Å²) >= 11 is 0. The number of rotatable bonds is 6. The summed E-state index contributed by atoms with van der Waals surface area (Å²) in [4.78, 5) is 27.0. The summed E-state index contributed by atoms with van der Waals surface area (Å²) in [7, 11) is 1.86. The maximum atomic E-state index is 12.4. The number of likely N-dealkylation sites (N-methyl/N-ethyl adjacent to an activating group) is 1. The largest absolute Gasteiger partial charge is 0.480 e. The summed E-state index contributed by atoms with van der Waals surface area (Å²) in [6, 6.07) is 0.300. The maximum absolute atomic E-state index is 12.4. The topological polar surface area (TPSA) is 72.9 Å². The smallest absolute Gasteiger partial charge is 0.317 e. The zero-order chi connectivity index (χ0) is 17.4. The number of carboxylic acids is 1. The molecule has 6 nitrogen and oxygen atoms in total. The van der Waals surface area contributed by atoms with Crippen LogP contribution in [0.4, 0.5) is 4.79 Å². The standard InChI is InChI=1S/C18H33N3O3/c1-20(14-17(22)23)16-8-5-12-21(13-10-16)18(24)19-11-9-15-6-3-2-4-7-15/h15-16H,2-14H2,1H3,(H,19,24)(H,22,23). The Morgan fingerprint density at radius 2 is 1.83 bits per heavy atom. The molecule has 2 amide bonds. The van der Waals surface area contributed by atoms with E-state index >= 15 is 0 Å². The van der Waals surface area contributed by atoms with Gasteiger partial charge in [-0.2, -0.15) is 0 Å². The van der Waals surface area contributed by atoms with Crippen molar-refractivity contribution in [1.82, 2.24) is 15.1 Å². The van der Waals surface area contributed by atoms with Crippen molar-refractivity contribution < 1.29 is 14.7 Å². The molecule has 0 aromatic heterocycles.